The van der Waals surface area contributed by atoms with Crippen LogP contribution in [0.5, 0.6) is 5.75 Å². The molecular weight excluding hydrogens is 313 g/mol. The molecule has 7 heteroatoms. The largest absolute Gasteiger partial charge is 0.494 e. The van der Waals surface area contributed by atoms with Crippen LogP contribution in [0.25, 0.3) is 11.3 Å². The van der Waals surface area contributed by atoms with Crippen molar-refractivity contribution in [3.63, 3.8) is 0 Å². The maximum Gasteiger partial charge on any atom is 0.261 e. The number of anilines is 1. The average molecular weight is 333 g/mol. The average Bonchev–Trinajstić information content (AvgIpc) is 2.99. The van der Waals surface area contributed by atoms with Gasteiger partial charge in [-0.25, -0.2) is 4.39 Å². The number of halogens is 1. The molecule has 1 aliphatic heterocycles. The molecule has 1 atom stereocenters. The van der Waals surface area contributed by atoms with E-state index in [4.69, 9.17) is 9.26 Å². The van der Waals surface area contributed by atoms with Gasteiger partial charge in [0.1, 0.15) is 5.56 Å². The molecule has 128 valence electrons. The van der Waals surface area contributed by atoms with Crippen molar-refractivity contribution < 1.29 is 18.4 Å². The smallest absolute Gasteiger partial charge is 0.261 e. The van der Waals surface area contributed by atoms with Crippen LogP contribution in [0.15, 0.2) is 22.7 Å². The molecule has 1 aromatic heterocycles. The predicted octanol–water partition coefficient (Wildman–Crippen LogP) is 2.79. The van der Waals surface area contributed by atoms with Crippen molar-refractivity contribution in [2.45, 2.75) is 19.4 Å². The lowest BCUT2D eigenvalue weighted by atomic mass is 10.0. The monoisotopic (exact) mass is 333 g/mol. The van der Waals surface area contributed by atoms with E-state index in [1.165, 1.54) is 19.2 Å². The molecule has 1 aromatic carbocycles. The zero-order valence-corrected chi connectivity index (χ0v) is 14.2. The Bertz CT molecular complexity index is 772. The Morgan fingerprint density at radius 3 is 2.75 bits per heavy atom. The third kappa shape index (κ3) is 2.60. The zero-order valence-electron chi connectivity index (χ0n) is 14.2. The molecular formula is C17H20FN3O3. The molecule has 1 amide bonds. The summed E-state index contributed by atoms with van der Waals surface area (Å²) in [5.41, 5.74) is 0.936. The maximum atomic E-state index is 13.7. The highest BCUT2D eigenvalue weighted by atomic mass is 19.1. The minimum absolute atomic E-state index is 0.0889. The minimum atomic E-state index is -0.474. The van der Waals surface area contributed by atoms with Gasteiger partial charge in [0.05, 0.1) is 7.11 Å². The first-order chi connectivity index (χ1) is 11.4. The SMILES string of the molecule is COc1cc(-c2onc(N(C)C)c2C(=O)N2CCC2C)ccc1F. The van der Waals surface area contributed by atoms with Gasteiger partial charge in [-0.05, 0) is 31.5 Å². The first kappa shape index (κ1) is 16.3. The van der Waals surface area contributed by atoms with E-state index in [0.717, 1.165) is 6.42 Å². The summed E-state index contributed by atoms with van der Waals surface area (Å²) in [6.45, 7) is 2.72. The van der Waals surface area contributed by atoms with Crippen LogP contribution in [0.1, 0.15) is 23.7 Å². The van der Waals surface area contributed by atoms with Gasteiger partial charge in [0.15, 0.2) is 23.1 Å². The second-order valence-electron chi connectivity index (χ2n) is 6.09. The maximum absolute atomic E-state index is 13.7. The molecule has 6 nitrogen and oxygen atoms in total. The van der Waals surface area contributed by atoms with E-state index in [1.54, 1.807) is 30.0 Å². The zero-order chi connectivity index (χ0) is 17.4. The van der Waals surface area contributed by atoms with Gasteiger partial charge < -0.3 is 19.1 Å². The van der Waals surface area contributed by atoms with E-state index in [0.29, 0.717) is 29.2 Å². The highest BCUT2D eigenvalue weighted by molar-refractivity contribution is 6.04. The first-order valence-corrected chi connectivity index (χ1v) is 7.76. The Morgan fingerprint density at radius 2 is 2.21 bits per heavy atom. The van der Waals surface area contributed by atoms with Crippen LogP contribution in [0.2, 0.25) is 0 Å². The van der Waals surface area contributed by atoms with Crippen molar-refractivity contribution in [1.82, 2.24) is 10.1 Å². The van der Waals surface area contributed by atoms with E-state index in [9.17, 15) is 9.18 Å². The van der Waals surface area contributed by atoms with Crippen molar-refractivity contribution in [3.8, 4) is 17.1 Å². The number of amides is 1. The third-order valence-corrected chi connectivity index (χ3v) is 4.31. The van der Waals surface area contributed by atoms with Gasteiger partial charge in [-0.15, -0.1) is 0 Å². The molecule has 1 saturated heterocycles. The number of methoxy groups -OCH3 is 1. The van der Waals surface area contributed by atoms with Crippen LogP contribution in [-0.2, 0) is 0 Å². The number of ether oxygens (including phenoxy) is 1. The lowest BCUT2D eigenvalue weighted by Crippen LogP contribution is -2.49. The van der Waals surface area contributed by atoms with Gasteiger partial charge in [0.2, 0.25) is 0 Å². The third-order valence-electron chi connectivity index (χ3n) is 4.31. The number of hydrogen-bond donors (Lipinski definition) is 0. The van der Waals surface area contributed by atoms with Crippen LogP contribution >= 0.6 is 0 Å². The Kier molecular flexibility index (Phi) is 4.17. The summed E-state index contributed by atoms with van der Waals surface area (Å²) < 4.78 is 24.1. The van der Waals surface area contributed by atoms with Gasteiger partial charge in [-0.3, -0.25) is 4.79 Å². The molecule has 1 unspecified atom stereocenters. The van der Waals surface area contributed by atoms with Gasteiger partial charge in [-0.1, -0.05) is 5.16 Å². The van der Waals surface area contributed by atoms with Crippen molar-refractivity contribution in [2.24, 2.45) is 0 Å². The van der Waals surface area contributed by atoms with Gasteiger partial charge in [-0.2, -0.15) is 0 Å². The Hall–Kier alpha value is -2.57. The number of hydrogen-bond acceptors (Lipinski definition) is 5. The standard InChI is InChI=1S/C17H20FN3O3/c1-10-7-8-21(10)17(22)14-15(24-19-16(14)20(2)3)11-5-6-12(18)13(9-11)23-4/h5-6,9-10H,7-8H2,1-4H3. The Balaban J connectivity index is 2.10. The molecule has 24 heavy (non-hydrogen) atoms. The molecule has 0 aliphatic carbocycles. The molecule has 1 fully saturated rings. The Labute approximate surface area is 139 Å². The van der Waals surface area contributed by atoms with Gasteiger partial charge in [0, 0.05) is 32.2 Å². The summed E-state index contributed by atoms with van der Waals surface area (Å²) in [6.07, 6.45) is 0.980. The molecule has 1 aliphatic rings. The normalized spacial score (nSPS) is 16.7. The number of carbonyl (C=O) groups is 1. The van der Waals surface area contributed by atoms with Crippen molar-refractivity contribution >= 4 is 11.7 Å². The number of rotatable bonds is 4. The van der Waals surface area contributed by atoms with Crippen molar-refractivity contribution in [2.75, 3.05) is 32.6 Å². The predicted molar refractivity (Wildman–Crippen MR) is 87.9 cm³/mol. The molecule has 0 spiro atoms. The fraction of sp³-hybridized carbons (Fsp3) is 0.412. The van der Waals surface area contributed by atoms with E-state index in [-0.39, 0.29) is 17.7 Å². The van der Waals surface area contributed by atoms with E-state index >= 15 is 0 Å². The fourth-order valence-corrected chi connectivity index (χ4v) is 2.74. The minimum Gasteiger partial charge on any atom is -0.494 e. The molecule has 0 bridgehead atoms. The fourth-order valence-electron chi connectivity index (χ4n) is 2.74. The van der Waals surface area contributed by atoms with Crippen LogP contribution < -0.4 is 9.64 Å². The quantitative estimate of drug-likeness (QED) is 0.861. The van der Waals surface area contributed by atoms with E-state index in [1.807, 2.05) is 6.92 Å². The highest BCUT2D eigenvalue weighted by Gasteiger charge is 2.35. The number of nitrogens with zero attached hydrogens (tertiary/aromatic N) is 3. The van der Waals surface area contributed by atoms with E-state index < -0.39 is 5.82 Å². The summed E-state index contributed by atoms with van der Waals surface area (Å²) in [5, 5.41) is 4.03. The molecule has 2 aromatic rings. The van der Waals surface area contributed by atoms with Gasteiger partial charge in [0.25, 0.3) is 5.91 Å². The second kappa shape index (κ2) is 6.14. The number of benzene rings is 1. The molecule has 0 N–H and O–H groups in total. The van der Waals surface area contributed by atoms with Gasteiger partial charge >= 0.3 is 0 Å². The summed E-state index contributed by atoms with van der Waals surface area (Å²) >= 11 is 0. The molecule has 0 radical (unpaired) electrons. The lowest BCUT2D eigenvalue weighted by Gasteiger charge is -2.38. The molecule has 0 saturated carbocycles. The highest BCUT2D eigenvalue weighted by Crippen LogP contribution is 2.35. The lowest BCUT2D eigenvalue weighted by molar-refractivity contribution is 0.0503. The van der Waals surface area contributed by atoms with Crippen molar-refractivity contribution in [3.05, 3.63) is 29.6 Å². The molecule has 2 heterocycles. The summed E-state index contributed by atoms with van der Waals surface area (Å²) in [4.78, 5) is 16.4. The second-order valence-corrected chi connectivity index (χ2v) is 6.09. The molecule has 3 rings (SSSR count). The summed E-state index contributed by atoms with van der Waals surface area (Å²) in [6, 6.07) is 4.53. The number of aromatic nitrogens is 1. The first-order valence-electron chi connectivity index (χ1n) is 7.76. The van der Waals surface area contributed by atoms with Crippen LogP contribution in [0.4, 0.5) is 10.2 Å². The van der Waals surface area contributed by atoms with Crippen LogP contribution in [0.3, 0.4) is 0 Å². The summed E-state index contributed by atoms with van der Waals surface area (Å²) in [7, 11) is 4.98. The topological polar surface area (TPSA) is 58.8 Å². The Morgan fingerprint density at radius 1 is 1.46 bits per heavy atom. The summed E-state index contributed by atoms with van der Waals surface area (Å²) in [5.74, 6) is 0.263. The number of likely N-dealkylation sites (tertiary alicyclic amines) is 1. The van der Waals surface area contributed by atoms with Crippen molar-refractivity contribution in [1.29, 1.82) is 0 Å². The number of carbonyl (C=O) groups excluding carboxylic acids is 1. The van der Waals surface area contributed by atoms with Crippen LogP contribution in [-0.4, -0.2) is 49.8 Å². The van der Waals surface area contributed by atoms with Crippen LogP contribution in [0, 0.1) is 5.82 Å². The van der Waals surface area contributed by atoms with E-state index in [2.05, 4.69) is 5.16 Å².